The number of nitrogens with two attached hydrogens (primary N) is 1. The van der Waals surface area contributed by atoms with Gasteiger partial charge in [-0.25, -0.2) is 13.1 Å². The van der Waals surface area contributed by atoms with Crippen molar-refractivity contribution in [3.63, 3.8) is 0 Å². The predicted octanol–water partition coefficient (Wildman–Crippen LogP) is 2.64. The van der Waals surface area contributed by atoms with Gasteiger partial charge in [-0.3, -0.25) is 0 Å². The molecule has 8 heteroatoms. The van der Waals surface area contributed by atoms with Crippen LogP contribution in [0.15, 0.2) is 26.0 Å². The fraction of sp³-hybridized carbons (Fsp3) is 0.500. The first kappa shape index (κ1) is 16.2. The van der Waals surface area contributed by atoms with Gasteiger partial charge in [-0.1, -0.05) is 15.9 Å². The Kier molecular flexibility index (Phi) is 5.12. The number of nitrogens with one attached hydrogen (secondary N) is 1. The Bertz CT molecular complexity index is 584. The van der Waals surface area contributed by atoms with Crippen molar-refractivity contribution in [1.29, 1.82) is 0 Å². The van der Waals surface area contributed by atoms with E-state index in [-0.39, 0.29) is 22.7 Å². The maximum absolute atomic E-state index is 12.5. The van der Waals surface area contributed by atoms with Crippen LogP contribution in [0, 0.1) is 0 Å². The summed E-state index contributed by atoms with van der Waals surface area (Å²) in [6.07, 6.45) is 1.38. The zero-order valence-electron chi connectivity index (χ0n) is 10.9. The van der Waals surface area contributed by atoms with E-state index in [0.29, 0.717) is 23.9 Å². The van der Waals surface area contributed by atoms with E-state index < -0.39 is 10.0 Å². The van der Waals surface area contributed by atoms with E-state index in [1.807, 2.05) is 6.92 Å². The molecule has 0 saturated carbocycles. The predicted molar refractivity (Wildman–Crippen MR) is 85.0 cm³/mol. The van der Waals surface area contributed by atoms with Gasteiger partial charge in [0.1, 0.15) is 4.90 Å². The summed E-state index contributed by atoms with van der Waals surface area (Å²) in [6, 6.07) is 3.11. The van der Waals surface area contributed by atoms with Crippen LogP contribution in [0.5, 0.6) is 0 Å². The summed E-state index contributed by atoms with van der Waals surface area (Å²) < 4.78 is 34.3. The number of sulfonamides is 1. The Labute approximate surface area is 135 Å². The summed E-state index contributed by atoms with van der Waals surface area (Å²) in [4.78, 5) is 0.0832. The molecule has 0 aliphatic carbocycles. The van der Waals surface area contributed by atoms with Crippen LogP contribution in [0.1, 0.15) is 19.8 Å². The lowest BCUT2D eigenvalue weighted by molar-refractivity contribution is 0.0173. The molecule has 3 N–H and O–H groups in total. The molecule has 0 amide bonds. The van der Waals surface area contributed by atoms with Gasteiger partial charge in [-0.05, 0) is 47.8 Å². The van der Waals surface area contributed by atoms with Crippen LogP contribution >= 0.6 is 31.9 Å². The second-order valence-corrected chi connectivity index (χ2v) is 8.25. The third-order valence-corrected chi connectivity index (χ3v) is 6.10. The quantitative estimate of drug-likeness (QED) is 0.726. The summed E-state index contributed by atoms with van der Waals surface area (Å²) in [5, 5.41) is 0. The molecule has 2 rings (SSSR count). The Morgan fingerprint density at radius 1 is 1.40 bits per heavy atom. The molecule has 1 aromatic rings. The first-order valence-corrected chi connectivity index (χ1v) is 9.25. The van der Waals surface area contributed by atoms with Crippen molar-refractivity contribution in [3.8, 4) is 0 Å². The number of hydrogen-bond acceptors (Lipinski definition) is 4. The molecular weight excluding hydrogens is 412 g/mol. The van der Waals surface area contributed by atoms with Crippen molar-refractivity contribution in [2.75, 3.05) is 12.3 Å². The molecule has 1 aromatic carbocycles. The minimum absolute atomic E-state index is 0.0576. The topological polar surface area (TPSA) is 81.4 Å². The van der Waals surface area contributed by atoms with E-state index in [2.05, 4.69) is 36.6 Å². The number of hydrogen-bond donors (Lipinski definition) is 2. The molecule has 2 unspecified atom stereocenters. The maximum Gasteiger partial charge on any atom is 0.243 e. The highest BCUT2D eigenvalue weighted by molar-refractivity contribution is 9.11. The van der Waals surface area contributed by atoms with Crippen LogP contribution in [0.4, 0.5) is 5.69 Å². The van der Waals surface area contributed by atoms with E-state index >= 15 is 0 Å². The van der Waals surface area contributed by atoms with E-state index in [0.717, 1.165) is 4.47 Å². The minimum atomic E-state index is -3.66. The van der Waals surface area contributed by atoms with Gasteiger partial charge < -0.3 is 10.5 Å². The molecule has 1 aliphatic rings. The lowest BCUT2D eigenvalue weighted by atomic mass is 10.1. The Morgan fingerprint density at radius 2 is 2.10 bits per heavy atom. The van der Waals surface area contributed by atoms with E-state index in [1.54, 1.807) is 12.1 Å². The van der Waals surface area contributed by atoms with Crippen molar-refractivity contribution in [2.45, 2.75) is 36.8 Å². The fourth-order valence-corrected chi connectivity index (χ4v) is 5.60. The first-order chi connectivity index (χ1) is 9.29. The normalized spacial score (nSPS) is 23.8. The van der Waals surface area contributed by atoms with Crippen molar-refractivity contribution >= 4 is 47.6 Å². The van der Waals surface area contributed by atoms with Crippen molar-refractivity contribution in [1.82, 2.24) is 4.72 Å². The van der Waals surface area contributed by atoms with Gasteiger partial charge in [0.15, 0.2) is 0 Å². The third kappa shape index (κ3) is 3.73. The van der Waals surface area contributed by atoms with E-state index in [4.69, 9.17) is 10.5 Å². The van der Waals surface area contributed by atoms with Gasteiger partial charge >= 0.3 is 0 Å². The fourth-order valence-electron chi connectivity index (χ4n) is 2.25. The van der Waals surface area contributed by atoms with Crippen LogP contribution in [0.25, 0.3) is 0 Å². The number of halogens is 2. The van der Waals surface area contributed by atoms with Crippen LogP contribution in [-0.4, -0.2) is 27.2 Å². The van der Waals surface area contributed by atoms with Crippen LogP contribution in [-0.2, 0) is 14.8 Å². The summed E-state index contributed by atoms with van der Waals surface area (Å²) in [6.45, 7) is 2.50. The SMILES string of the molecule is CC1CC(NS(=O)(=O)c2c(N)cc(Br)cc2Br)CCO1. The number of anilines is 1. The molecule has 2 atom stereocenters. The van der Waals surface area contributed by atoms with Crippen molar-refractivity contribution in [2.24, 2.45) is 0 Å². The molecule has 0 radical (unpaired) electrons. The Balaban J connectivity index is 2.27. The second kappa shape index (κ2) is 6.31. The zero-order chi connectivity index (χ0) is 14.9. The van der Waals surface area contributed by atoms with Gasteiger partial charge in [-0.2, -0.15) is 0 Å². The molecule has 1 saturated heterocycles. The number of benzene rings is 1. The summed E-state index contributed by atoms with van der Waals surface area (Å²) in [5.74, 6) is 0. The Hall–Kier alpha value is -0.150. The van der Waals surface area contributed by atoms with Gasteiger partial charge in [0.05, 0.1) is 11.8 Å². The third-order valence-electron chi connectivity index (χ3n) is 3.11. The van der Waals surface area contributed by atoms with Gasteiger partial charge in [-0.15, -0.1) is 0 Å². The Morgan fingerprint density at radius 3 is 2.70 bits per heavy atom. The standard InChI is InChI=1S/C12H16Br2N2O3S/c1-7-4-9(2-3-19-7)16-20(17,18)12-10(14)5-8(13)6-11(12)15/h5-7,9,16H,2-4,15H2,1H3. The molecule has 1 heterocycles. The summed E-state index contributed by atoms with van der Waals surface area (Å²) in [7, 11) is -3.66. The number of nitrogen functional groups attached to an aromatic ring is 1. The van der Waals surface area contributed by atoms with E-state index in [1.165, 1.54) is 0 Å². The van der Waals surface area contributed by atoms with Gasteiger partial charge in [0.25, 0.3) is 0 Å². The number of rotatable bonds is 3. The molecule has 20 heavy (non-hydrogen) atoms. The van der Waals surface area contributed by atoms with Crippen LogP contribution in [0.2, 0.25) is 0 Å². The van der Waals surface area contributed by atoms with Crippen molar-refractivity contribution < 1.29 is 13.2 Å². The highest BCUT2D eigenvalue weighted by Crippen LogP contribution is 2.32. The molecular formula is C12H16Br2N2O3S. The highest BCUT2D eigenvalue weighted by Gasteiger charge is 2.28. The largest absolute Gasteiger partial charge is 0.398 e. The second-order valence-electron chi connectivity index (χ2n) is 4.83. The first-order valence-electron chi connectivity index (χ1n) is 6.18. The molecule has 0 aromatic heterocycles. The lowest BCUT2D eigenvalue weighted by Gasteiger charge is -2.28. The van der Waals surface area contributed by atoms with Crippen LogP contribution < -0.4 is 10.5 Å². The average Bonchev–Trinajstić information content (AvgIpc) is 2.25. The molecule has 1 fully saturated rings. The van der Waals surface area contributed by atoms with Gasteiger partial charge in [0, 0.05) is 21.6 Å². The molecule has 0 bridgehead atoms. The van der Waals surface area contributed by atoms with Crippen molar-refractivity contribution in [3.05, 3.63) is 21.1 Å². The molecule has 112 valence electrons. The number of ether oxygens (including phenoxy) is 1. The average molecular weight is 428 g/mol. The monoisotopic (exact) mass is 426 g/mol. The smallest absolute Gasteiger partial charge is 0.243 e. The zero-order valence-corrected chi connectivity index (χ0v) is 14.9. The molecule has 1 aliphatic heterocycles. The van der Waals surface area contributed by atoms with Crippen LogP contribution in [0.3, 0.4) is 0 Å². The van der Waals surface area contributed by atoms with Gasteiger partial charge in [0.2, 0.25) is 10.0 Å². The molecule has 5 nitrogen and oxygen atoms in total. The lowest BCUT2D eigenvalue weighted by Crippen LogP contribution is -2.41. The highest BCUT2D eigenvalue weighted by atomic mass is 79.9. The minimum Gasteiger partial charge on any atom is -0.398 e. The summed E-state index contributed by atoms with van der Waals surface area (Å²) in [5.41, 5.74) is 6.04. The summed E-state index contributed by atoms with van der Waals surface area (Å²) >= 11 is 6.54. The molecule has 0 spiro atoms. The van der Waals surface area contributed by atoms with E-state index in [9.17, 15) is 8.42 Å². The maximum atomic E-state index is 12.5.